The minimum Gasteiger partial charge on any atom is -0.496 e. The first-order chi connectivity index (χ1) is 10.1. The van der Waals surface area contributed by atoms with Crippen molar-refractivity contribution in [2.45, 2.75) is 25.7 Å². The number of hydrogen-bond acceptors (Lipinski definition) is 4. The smallest absolute Gasteiger partial charge is 0.339 e. The van der Waals surface area contributed by atoms with Gasteiger partial charge in [0.2, 0.25) is 0 Å². The number of carboxylic acids is 1. The van der Waals surface area contributed by atoms with E-state index in [1.54, 1.807) is 7.11 Å². The molecule has 1 fully saturated rings. The maximum absolute atomic E-state index is 11.3. The van der Waals surface area contributed by atoms with E-state index in [0.717, 1.165) is 24.0 Å². The fraction of sp³-hybridized carbons (Fsp3) is 0.312. The van der Waals surface area contributed by atoms with Gasteiger partial charge < -0.3 is 9.84 Å². The maximum Gasteiger partial charge on any atom is 0.339 e. The van der Waals surface area contributed by atoms with Gasteiger partial charge in [-0.2, -0.15) is 0 Å². The Labute approximate surface area is 122 Å². The number of aromatic carboxylic acids is 1. The minimum atomic E-state index is -0.973. The summed E-state index contributed by atoms with van der Waals surface area (Å²) in [4.78, 5) is 20.0. The highest BCUT2D eigenvalue weighted by Gasteiger charge is 2.30. The zero-order chi connectivity index (χ0) is 15.0. The molecule has 1 aliphatic carbocycles. The zero-order valence-electron chi connectivity index (χ0n) is 12.0. The Balaban J connectivity index is 2.11. The van der Waals surface area contributed by atoms with Gasteiger partial charge in [0, 0.05) is 12.1 Å². The van der Waals surface area contributed by atoms with Crippen molar-refractivity contribution in [1.29, 1.82) is 0 Å². The second-order valence-electron chi connectivity index (χ2n) is 5.28. The van der Waals surface area contributed by atoms with Gasteiger partial charge in [0.25, 0.3) is 0 Å². The van der Waals surface area contributed by atoms with Gasteiger partial charge in [0.15, 0.2) is 5.82 Å². The number of hydrogen-bond donors (Lipinski definition) is 1. The highest BCUT2D eigenvalue weighted by molar-refractivity contribution is 5.89. The molecule has 1 aromatic carbocycles. The molecule has 0 atom stereocenters. The van der Waals surface area contributed by atoms with Crippen LogP contribution in [0.25, 0.3) is 11.4 Å². The summed E-state index contributed by atoms with van der Waals surface area (Å²) in [5.41, 5.74) is 2.70. The van der Waals surface area contributed by atoms with E-state index in [1.807, 2.05) is 25.1 Å². The molecule has 0 spiro atoms. The standard InChI is InChI=1S/C16H16N2O3/c1-9-3-6-11(13(7-9)21-2)15-17-8-12(16(19)20)14(18-15)10-4-5-10/h3,6-8,10H,4-5H2,1-2H3,(H,19,20). The van der Waals surface area contributed by atoms with Crippen LogP contribution in [0.1, 0.15) is 40.4 Å². The van der Waals surface area contributed by atoms with Crippen LogP contribution in [0.3, 0.4) is 0 Å². The number of methoxy groups -OCH3 is 1. The summed E-state index contributed by atoms with van der Waals surface area (Å²) < 4.78 is 5.38. The second-order valence-corrected chi connectivity index (χ2v) is 5.28. The van der Waals surface area contributed by atoms with Crippen LogP contribution < -0.4 is 4.74 Å². The van der Waals surface area contributed by atoms with Crippen LogP contribution in [0.15, 0.2) is 24.4 Å². The molecule has 21 heavy (non-hydrogen) atoms. The molecule has 0 amide bonds. The lowest BCUT2D eigenvalue weighted by atomic mass is 10.1. The van der Waals surface area contributed by atoms with Crippen molar-refractivity contribution in [2.75, 3.05) is 7.11 Å². The quantitative estimate of drug-likeness (QED) is 0.934. The fourth-order valence-corrected chi connectivity index (χ4v) is 2.34. The van der Waals surface area contributed by atoms with Crippen molar-refractivity contribution in [2.24, 2.45) is 0 Å². The highest BCUT2D eigenvalue weighted by Crippen LogP contribution is 2.41. The number of carbonyl (C=O) groups is 1. The van der Waals surface area contributed by atoms with Crippen LogP contribution in [0.5, 0.6) is 5.75 Å². The van der Waals surface area contributed by atoms with Crippen LogP contribution in [0, 0.1) is 6.92 Å². The molecule has 5 nitrogen and oxygen atoms in total. The highest BCUT2D eigenvalue weighted by atomic mass is 16.5. The molecule has 108 valence electrons. The maximum atomic E-state index is 11.3. The minimum absolute atomic E-state index is 0.201. The number of benzene rings is 1. The van der Waals surface area contributed by atoms with Crippen LogP contribution >= 0.6 is 0 Å². The van der Waals surface area contributed by atoms with Gasteiger partial charge >= 0.3 is 5.97 Å². The Morgan fingerprint density at radius 2 is 2.14 bits per heavy atom. The molecule has 1 aromatic heterocycles. The van der Waals surface area contributed by atoms with E-state index in [9.17, 15) is 9.90 Å². The molecule has 0 aliphatic heterocycles. The summed E-state index contributed by atoms with van der Waals surface area (Å²) in [5, 5.41) is 9.24. The molecule has 1 heterocycles. The van der Waals surface area contributed by atoms with Gasteiger partial charge in [0.1, 0.15) is 5.75 Å². The van der Waals surface area contributed by atoms with E-state index in [0.29, 0.717) is 17.3 Å². The number of nitrogens with zero attached hydrogens (tertiary/aromatic N) is 2. The van der Waals surface area contributed by atoms with E-state index in [1.165, 1.54) is 6.20 Å². The summed E-state index contributed by atoms with van der Waals surface area (Å²) in [7, 11) is 1.60. The van der Waals surface area contributed by atoms with Gasteiger partial charge in [-0.3, -0.25) is 0 Å². The Kier molecular flexibility index (Phi) is 3.33. The van der Waals surface area contributed by atoms with E-state index < -0.39 is 5.97 Å². The average molecular weight is 284 g/mol. The molecule has 1 N–H and O–H groups in total. The molecule has 0 bridgehead atoms. The predicted molar refractivity (Wildman–Crippen MR) is 77.7 cm³/mol. The lowest BCUT2D eigenvalue weighted by molar-refractivity contribution is 0.0694. The van der Waals surface area contributed by atoms with Crippen LogP contribution in [-0.2, 0) is 0 Å². The largest absolute Gasteiger partial charge is 0.496 e. The molecule has 0 unspecified atom stereocenters. The van der Waals surface area contributed by atoms with Crippen molar-refractivity contribution in [3.8, 4) is 17.1 Å². The summed E-state index contributed by atoms with van der Waals surface area (Å²) >= 11 is 0. The third-order valence-electron chi connectivity index (χ3n) is 3.61. The first-order valence-electron chi connectivity index (χ1n) is 6.85. The van der Waals surface area contributed by atoms with Crippen molar-refractivity contribution < 1.29 is 14.6 Å². The Morgan fingerprint density at radius 1 is 1.38 bits per heavy atom. The molecule has 3 rings (SSSR count). The number of rotatable bonds is 4. The topological polar surface area (TPSA) is 72.3 Å². The molecular formula is C16H16N2O3. The number of carboxylic acid groups (broad SMARTS) is 1. The molecule has 5 heteroatoms. The van der Waals surface area contributed by atoms with E-state index >= 15 is 0 Å². The SMILES string of the molecule is COc1cc(C)ccc1-c1ncc(C(=O)O)c(C2CC2)n1. The van der Waals surface area contributed by atoms with Gasteiger partial charge in [-0.25, -0.2) is 14.8 Å². The molecule has 0 saturated heterocycles. The van der Waals surface area contributed by atoms with Crippen LogP contribution in [0.2, 0.25) is 0 Å². The Bertz CT molecular complexity index is 709. The predicted octanol–water partition coefficient (Wildman–Crippen LogP) is 3.04. The fourth-order valence-electron chi connectivity index (χ4n) is 2.34. The number of aromatic nitrogens is 2. The molecular weight excluding hydrogens is 268 g/mol. The first-order valence-corrected chi connectivity index (χ1v) is 6.85. The van der Waals surface area contributed by atoms with Gasteiger partial charge in [-0.05, 0) is 37.5 Å². The van der Waals surface area contributed by atoms with Gasteiger partial charge in [-0.15, -0.1) is 0 Å². The number of ether oxygens (including phenoxy) is 1. The van der Waals surface area contributed by atoms with Crippen molar-refractivity contribution >= 4 is 5.97 Å². The second kappa shape index (κ2) is 5.16. The molecule has 2 aromatic rings. The third kappa shape index (κ3) is 2.59. The first kappa shape index (κ1) is 13.5. The normalized spacial score (nSPS) is 14.0. The van der Waals surface area contributed by atoms with E-state index in [2.05, 4.69) is 9.97 Å². The zero-order valence-corrected chi connectivity index (χ0v) is 12.0. The summed E-state index contributed by atoms with van der Waals surface area (Å²) in [6, 6.07) is 5.78. The monoisotopic (exact) mass is 284 g/mol. The van der Waals surface area contributed by atoms with Crippen molar-refractivity contribution in [3.05, 3.63) is 41.2 Å². The third-order valence-corrected chi connectivity index (χ3v) is 3.61. The summed E-state index contributed by atoms with van der Waals surface area (Å²) in [5.74, 6) is 0.479. The lowest BCUT2D eigenvalue weighted by Crippen LogP contribution is -2.07. The lowest BCUT2D eigenvalue weighted by Gasteiger charge is -2.10. The summed E-state index contributed by atoms with van der Waals surface area (Å²) in [6.07, 6.45) is 3.38. The van der Waals surface area contributed by atoms with E-state index in [-0.39, 0.29) is 11.5 Å². The van der Waals surface area contributed by atoms with E-state index in [4.69, 9.17) is 4.74 Å². The molecule has 1 aliphatic rings. The van der Waals surface area contributed by atoms with Crippen LogP contribution in [0.4, 0.5) is 0 Å². The molecule has 1 saturated carbocycles. The van der Waals surface area contributed by atoms with Crippen molar-refractivity contribution in [3.63, 3.8) is 0 Å². The summed E-state index contributed by atoms with van der Waals surface area (Å²) in [6.45, 7) is 1.98. The average Bonchev–Trinajstić information content (AvgIpc) is 3.31. The van der Waals surface area contributed by atoms with Crippen LogP contribution in [-0.4, -0.2) is 28.2 Å². The van der Waals surface area contributed by atoms with Crippen molar-refractivity contribution in [1.82, 2.24) is 9.97 Å². The Morgan fingerprint density at radius 3 is 2.76 bits per heavy atom. The molecule has 0 radical (unpaired) electrons. The number of aryl methyl sites for hydroxylation is 1. The van der Waals surface area contributed by atoms with Gasteiger partial charge in [0.05, 0.1) is 23.9 Å². The Hall–Kier alpha value is -2.43. The van der Waals surface area contributed by atoms with Gasteiger partial charge in [-0.1, -0.05) is 6.07 Å².